The molecule has 0 spiro atoms. The summed E-state index contributed by atoms with van der Waals surface area (Å²) in [5.74, 6) is 0.746. The Kier molecular flexibility index (Phi) is 3.71. The van der Waals surface area contributed by atoms with Crippen LogP contribution in [0, 0.1) is 3.57 Å². The van der Waals surface area contributed by atoms with E-state index in [1.807, 2.05) is 24.2 Å². The summed E-state index contributed by atoms with van der Waals surface area (Å²) in [5.41, 5.74) is 0. The zero-order chi connectivity index (χ0) is 10.7. The fourth-order valence-electron chi connectivity index (χ4n) is 1.67. The lowest BCUT2D eigenvalue weighted by Gasteiger charge is -2.40. The van der Waals surface area contributed by atoms with Crippen molar-refractivity contribution in [3.05, 3.63) is 16.0 Å². The average molecular weight is 335 g/mol. The zero-order valence-electron chi connectivity index (χ0n) is 8.66. The summed E-state index contributed by atoms with van der Waals surface area (Å²) in [6.45, 7) is 0.981. The van der Waals surface area contributed by atoms with Crippen LogP contribution in [0.5, 0.6) is 0 Å². The van der Waals surface area contributed by atoms with E-state index in [1.54, 1.807) is 0 Å². The number of rotatable bonds is 4. The first-order valence-electron chi connectivity index (χ1n) is 5.01. The number of nitrogens with one attached hydrogen (secondary N) is 1. The van der Waals surface area contributed by atoms with Gasteiger partial charge in [-0.25, -0.2) is 9.97 Å². The summed E-state index contributed by atoms with van der Waals surface area (Å²) >= 11 is 4.17. The third-order valence-corrected chi connectivity index (χ3v) is 4.86. The van der Waals surface area contributed by atoms with Crippen LogP contribution in [0.25, 0.3) is 0 Å². The second-order valence-electron chi connectivity index (χ2n) is 3.82. The van der Waals surface area contributed by atoms with Crippen molar-refractivity contribution in [2.75, 3.05) is 18.1 Å². The molecule has 5 heteroatoms. The average Bonchev–Trinajstić information content (AvgIpc) is 2.20. The molecule has 1 aliphatic carbocycles. The molecule has 1 aromatic rings. The van der Waals surface area contributed by atoms with Gasteiger partial charge in [-0.15, -0.1) is 0 Å². The van der Waals surface area contributed by atoms with Gasteiger partial charge in [-0.2, -0.15) is 11.8 Å². The number of aromatic nitrogens is 2. The summed E-state index contributed by atoms with van der Waals surface area (Å²) in [6.07, 6.45) is 9.84. The van der Waals surface area contributed by atoms with Crippen LogP contribution in [0.1, 0.15) is 19.3 Å². The molecule has 2 rings (SSSR count). The molecule has 0 aromatic carbocycles. The molecule has 1 N–H and O–H groups in total. The maximum Gasteiger partial charge on any atom is 0.222 e. The Morgan fingerprint density at radius 3 is 2.60 bits per heavy atom. The highest BCUT2D eigenvalue weighted by atomic mass is 127. The van der Waals surface area contributed by atoms with Gasteiger partial charge in [-0.1, -0.05) is 6.42 Å². The third-order valence-electron chi connectivity index (χ3n) is 2.89. The van der Waals surface area contributed by atoms with Gasteiger partial charge in [-0.05, 0) is 41.7 Å². The van der Waals surface area contributed by atoms with Crippen LogP contribution in [0.4, 0.5) is 5.95 Å². The molecule has 0 unspecified atom stereocenters. The predicted octanol–water partition coefficient (Wildman–Crippen LogP) is 2.78. The van der Waals surface area contributed by atoms with E-state index >= 15 is 0 Å². The fraction of sp³-hybridized carbons (Fsp3) is 0.600. The van der Waals surface area contributed by atoms with E-state index < -0.39 is 0 Å². The van der Waals surface area contributed by atoms with Crippen molar-refractivity contribution < 1.29 is 0 Å². The second-order valence-corrected chi connectivity index (χ2v) is 6.34. The number of thioether (sulfide) groups is 1. The van der Waals surface area contributed by atoms with E-state index in [0.717, 1.165) is 16.1 Å². The molecular formula is C10H14IN3S. The molecule has 3 nitrogen and oxygen atoms in total. The van der Waals surface area contributed by atoms with Gasteiger partial charge in [0.15, 0.2) is 0 Å². The topological polar surface area (TPSA) is 37.8 Å². The van der Waals surface area contributed by atoms with Gasteiger partial charge >= 0.3 is 0 Å². The maximum absolute atomic E-state index is 4.24. The molecule has 1 fully saturated rings. The van der Waals surface area contributed by atoms with Crippen LogP contribution in [-0.4, -0.2) is 27.5 Å². The van der Waals surface area contributed by atoms with Crippen molar-refractivity contribution in [2.45, 2.75) is 24.0 Å². The van der Waals surface area contributed by atoms with E-state index in [-0.39, 0.29) is 0 Å². The number of hydrogen-bond donors (Lipinski definition) is 1. The lowest BCUT2D eigenvalue weighted by Crippen LogP contribution is -2.40. The molecule has 0 aliphatic heterocycles. The lowest BCUT2D eigenvalue weighted by atomic mass is 9.84. The summed E-state index contributed by atoms with van der Waals surface area (Å²) in [6, 6.07) is 0. The van der Waals surface area contributed by atoms with E-state index in [0.29, 0.717) is 4.75 Å². The molecule has 0 saturated heterocycles. The highest BCUT2D eigenvalue weighted by molar-refractivity contribution is 14.1. The smallest absolute Gasteiger partial charge is 0.222 e. The Balaban J connectivity index is 1.90. The Hall–Kier alpha value is -0.0400. The van der Waals surface area contributed by atoms with Gasteiger partial charge in [0.05, 0.1) is 0 Å². The molecule has 0 radical (unpaired) electrons. The number of anilines is 1. The summed E-state index contributed by atoms with van der Waals surface area (Å²) in [7, 11) is 0. The van der Waals surface area contributed by atoms with Crippen LogP contribution < -0.4 is 5.32 Å². The Labute approximate surface area is 108 Å². The normalized spacial score (nSPS) is 18.3. The first-order valence-corrected chi connectivity index (χ1v) is 7.31. The monoisotopic (exact) mass is 335 g/mol. The minimum atomic E-state index is 0.437. The molecule has 0 bridgehead atoms. The SMILES string of the molecule is CSC1(CNc2ncc(I)cn2)CCC1. The molecule has 82 valence electrons. The van der Waals surface area contributed by atoms with E-state index in [4.69, 9.17) is 0 Å². The molecular weight excluding hydrogens is 321 g/mol. The standard InChI is InChI=1S/C10H14IN3S/c1-15-10(3-2-4-10)7-14-9-12-5-8(11)6-13-9/h5-6H,2-4,7H2,1H3,(H,12,13,14). The fourth-order valence-corrected chi connectivity index (χ4v) is 2.86. The second kappa shape index (κ2) is 4.86. The maximum atomic E-state index is 4.24. The minimum Gasteiger partial charge on any atom is -0.353 e. The van der Waals surface area contributed by atoms with Gasteiger partial charge in [-0.3, -0.25) is 0 Å². The van der Waals surface area contributed by atoms with E-state index in [9.17, 15) is 0 Å². The number of hydrogen-bond acceptors (Lipinski definition) is 4. The highest BCUT2D eigenvalue weighted by Gasteiger charge is 2.35. The van der Waals surface area contributed by atoms with Crippen molar-refractivity contribution in [1.29, 1.82) is 0 Å². The van der Waals surface area contributed by atoms with Crippen molar-refractivity contribution in [3.63, 3.8) is 0 Å². The minimum absolute atomic E-state index is 0.437. The van der Waals surface area contributed by atoms with Gasteiger partial charge in [0.1, 0.15) is 0 Å². The van der Waals surface area contributed by atoms with Gasteiger partial charge < -0.3 is 5.32 Å². The quantitative estimate of drug-likeness (QED) is 0.859. The van der Waals surface area contributed by atoms with Gasteiger partial charge in [0, 0.05) is 27.3 Å². The molecule has 1 aliphatic rings. The molecule has 1 heterocycles. The molecule has 15 heavy (non-hydrogen) atoms. The van der Waals surface area contributed by atoms with Crippen molar-refractivity contribution in [1.82, 2.24) is 9.97 Å². The molecule has 0 amide bonds. The van der Waals surface area contributed by atoms with Crippen LogP contribution in [-0.2, 0) is 0 Å². The Bertz CT molecular complexity index is 318. The van der Waals surface area contributed by atoms with E-state index in [2.05, 4.69) is 44.1 Å². The number of halogens is 1. The summed E-state index contributed by atoms with van der Waals surface area (Å²) in [5, 5.41) is 3.32. The van der Waals surface area contributed by atoms with Crippen LogP contribution >= 0.6 is 34.4 Å². The van der Waals surface area contributed by atoms with Gasteiger partial charge in [0.25, 0.3) is 0 Å². The van der Waals surface area contributed by atoms with Crippen molar-refractivity contribution in [2.24, 2.45) is 0 Å². The highest BCUT2D eigenvalue weighted by Crippen LogP contribution is 2.42. The largest absolute Gasteiger partial charge is 0.353 e. The predicted molar refractivity (Wildman–Crippen MR) is 73.3 cm³/mol. The van der Waals surface area contributed by atoms with E-state index in [1.165, 1.54) is 19.3 Å². The Morgan fingerprint density at radius 2 is 2.13 bits per heavy atom. The number of nitrogens with zero attached hydrogens (tertiary/aromatic N) is 2. The first-order chi connectivity index (χ1) is 7.24. The third kappa shape index (κ3) is 2.75. The molecule has 0 atom stereocenters. The summed E-state index contributed by atoms with van der Waals surface area (Å²) in [4.78, 5) is 8.47. The Morgan fingerprint density at radius 1 is 1.47 bits per heavy atom. The van der Waals surface area contributed by atoms with Crippen LogP contribution in [0.2, 0.25) is 0 Å². The van der Waals surface area contributed by atoms with Crippen LogP contribution in [0.3, 0.4) is 0 Å². The van der Waals surface area contributed by atoms with Crippen molar-refractivity contribution >= 4 is 40.3 Å². The summed E-state index contributed by atoms with van der Waals surface area (Å²) < 4.78 is 1.51. The lowest BCUT2D eigenvalue weighted by molar-refractivity contribution is 0.379. The van der Waals surface area contributed by atoms with Crippen molar-refractivity contribution in [3.8, 4) is 0 Å². The van der Waals surface area contributed by atoms with Crippen LogP contribution in [0.15, 0.2) is 12.4 Å². The molecule has 1 aromatic heterocycles. The molecule has 1 saturated carbocycles. The van der Waals surface area contributed by atoms with Gasteiger partial charge in [0.2, 0.25) is 5.95 Å². The zero-order valence-corrected chi connectivity index (χ0v) is 11.6. The first kappa shape index (κ1) is 11.4.